The second-order valence-electron chi connectivity index (χ2n) is 9.64. The first kappa shape index (κ1) is 29.4. The Kier molecular flexibility index (Phi) is 9.36. The van der Waals surface area contributed by atoms with Gasteiger partial charge in [0.05, 0.1) is 10.6 Å². The van der Waals surface area contributed by atoms with Crippen LogP contribution in [0, 0.1) is 0 Å². The zero-order valence-corrected chi connectivity index (χ0v) is 24.9. The Labute approximate surface area is 243 Å². The van der Waals surface area contributed by atoms with Gasteiger partial charge in [0.25, 0.3) is 10.0 Å². The number of rotatable bonds is 10. The van der Waals surface area contributed by atoms with Gasteiger partial charge in [0.2, 0.25) is 11.8 Å². The van der Waals surface area contributed by atoms with E-state index in [0.29, 0.717) is 24.7 Å². The van der Waals surface area contributed by atoms with Gasteiger partial charge in [0.15, 0.2) is 11.5 Å². The highest BCUT2D eigenvalue weighted by Gasteiger charge is 2.33. The number of fused-ring (bicyclic) bond motifs is 1. The fraction of sp³-hybridized carbons (Fsp3) is 0.310. The lowest BCUT2D eigenvalue weighted by Gasteiger charge is -2.32. The van der Waals surface area contributed by atoms with E-state index in [-0.39, 0.29) is 29.1 Å². The monoisotopic (exact) mass is 629 g/mol. The molecule has 9 nitrogen and oxygen atoms in total. The Balaban J connectivity index is 1.73. The predicted molar refractivity (Wildman–Crippen MR) is 156 cm³/mol. The molecule has 40 heavy (non-hydrogen) atoms. The van der Waals surface area contributed by atoms with Gasteiger partial charge < -0.3 is 19.7 Å². The molecule has 0 fully saturated rings. The van der Waals surface area contributed by atoms with Gasteiger partial charge in [-0.1, -0.05) is 46.3 Å². The van der Waals surface area contributed by atoms with Crippen molar-refractivity contribution in [2.24, 2.45) is 0 Å². The molecule has 1 aliphatic heterocycles. The fourth-order valence-electron chi connectivity index (χ4n) is 4.21. The zero-order valence-electron chi connectivity index (χ0n) is 22.5. The van der Waals surface area contributed by atoms with Crippen molar-refractivity contribution in [2.45, 2.75) is 44.3 Å². The number of nitrogens with zero attached hydrogens (tertiary/aromatic N) is 2. The van der Waals surface area contributed by atoms with Crippen molar-refractivity contribution in [3.05, 3.63) is 82.8 Å². The summed E-state index contributed by atoms with van der Waals surface area (Å²) in [6, 6.07) is 19.0. The van der Waals surface area contributed by atoms with Crippen molar-refractivity contribution in [1.82, 2.24) is 10.2 Å². The molecule has 1 aliphatic rings. The molecule has 212 valence electrons. The lowest BCUT2D eigenvalue weighted by atomic mass is 10.1. The van der Waals surface area contributed by atoms with Gasteiger partial charge in [0.1, 0.15) is 25.8 Å². The van der Waals surface area contributed by atoms with Crippen molar-refractivity contribution < 1.29 is 27.5 Å². The molecule has 1 atom stereocenters. The zero-order chi connectivity index (χ0) is 28.9. The maximum absolute atomic E-state index is 14.0. The molecule has 0 aromatic heterocycles. The average Bonchev–Trinajstić information content (AvgIpc) is 2.95. The van der Waals surface area contributed by atoms with Crippen LogP contribution in [-0.4, -0.2) is 57.0 Å². The SMILES string of the molecule is CC(C)NC(=O)[C@H](C)N(Cc1ccc(Br)cc1)C(=O)CN(c1ccc2c(c1)OCCO2)S(=O)(=O)c1ccccc1. The van der Waals surface area contributed by atoms with Crippen LogP contribution in [0.1, 0.15) is 26.3 Å². The number of hydrogen-bond acceptors (Lipinski definition) is 6. The van der Waals surface area contributed by atoms with Gasteiger partial charge in [0, 0.05) is 23.1 Å². The third-order valence-electron chi connectivity index (χ3n) is 6.29. The number of hydrogen-bond donors (Lipinski definition) is 1. The minimum Gasteiger partial charge on any atom is -0.486 e. The highest BCUT2D eigenvalue weighted by molar-refractivity contribution is 9.10. The molecule has 0 spiro atoms. The first-order valence-electron chi connectivity index (χ1n) is 12.9. The van der Waals surface area contributed by atoms with E-state index in [0.717, 1.165) is 14.3 Å². The lowest BCUT2D eigenvalue weighted by molar-refractivity contribution is -0.139. The summed E-state index contributed by atoms with van der Waals surface area (Å²) in [6.45, 7) is 5.59. The van der Waals surface area contributed by atoms with Crippen LogP contribution < -0.4 is 19.1 Å². The highest BCUT2D eigenvalue weighted by atomic mass is 79.9. The van der Waals surface area contributed by atoms with Crippen molar-refractivity contribution >= 4 is 43.5 Å². The number of ether oxygens (including phenoxy) is 2. The lowest BCUT2D eigenvalue weighted by Crippen LogP contribution is -2.52. The predicted octanol–water partition coefficient (Wildman–Crippen LogP) is 4.36. The summed E-state index contributed by atoms with van der Waals surface area (Å²) in [5.74, 6) is 0.0102. The van der Waals surface area contributed by atoms with Crippen molar-refractivity contribution in [1.29, 1.82) is 0 Å². The second-order valence-corrected chi connectivity index (χ2v) is 12.4. The summed E-state index contributed by atoms with van der Waals surface area (Å²) < 4.78 is 41.0. The number of nitrogens with one attached hydrogen (secondary N) is 1. The first-order valence-corrected chi connectivity index (χ1v) is 15.1. The molecular weight excluding hydrogens is 598 g/mol. The molecule has 0 radical (unpaired) electrons. The molecule has 11 heteroatoms. The first-order chi connectivity index (χ1) is 19.1. The van der Waals surface area contributed by atoms with Crippen LogP contribution in [0.4, 0.5) is 5.69 Å². The third-order valence-corrected chi connectivity index (χ3v) is 8.60. The number of amides is 2. The van der Waals surface area contributed by atoms with E-state index < -0.39 is 28.5 Å². The molecule has 3 aromatic rings. The molecule has 0 bridgehead atoms. The van der Waals surface area contributed by atoms with E-state index in [4.69, 9.17) is 9.47 Å². The Hall–Kier alpha value is -3.57. The molecule has 1 heterocycles. The van der Waals surface area contributed by atoms with Gasteiger partial charge in [-0.3, -0.25) is 13.9 Å². The smallest absolute Gasteiger partial charge is 0.264 e. The van der Waals surface area contributed by atoms with E-state index in [1.807, 2.05) is 38.1 Å². The van der Waals surface area contributed by atoms with Crippen LogP contribution in [0.5, 0.6) is 11.5 Å². The summed E-state index contributed by atoms with van der Waals surface area (Å²) in [4.78, 5) is 28.4. The number of benzene rings is 3. The Morgan fingerprint density at radius 2 is 1.57 bits per heavy atom. The summed E-state index contributed by atoms with van der Waals surface area (Å²) >= 11 is 3.41. The van der Waals surface area contributed by atoms with Gasteiger partial charge in [-0.25, -0.2) is 8.42 Å². The Morgan fingerprint density at radius 1 is 0.925 bits per heavy atom. The van der Waals surface area contributed by atoms with Crippen LogP contribution in [0.2, 0.25) is 0 Å². The van der Waals surface area contributed by atoms with E-state index in [1.165, 1.54) is 17.0 Å². The van der Waals surface area contributed by atoms with E-state index in [1.54, 1.807) is 43.3 Å². The maximum atomic E-state index is 14.0. The molecule has 3 aromatic carbocycles. The largest absolute Gasteiger partial charge is 0.486 e. The molecule has 0 saturated heterocycles. The molecule has 1 N–H and O–H groups in total. The molecule has 0 saturated carbocycles. The van der Waals surface area contributed by atoms with Crippen molar-refractivity contribution in [3.63, 3.8) is 0 Å². The second kappa shape index (κ2) is 12.7. The summed E-state index contributed by atoms with van der Waals surface area (Å²) in [5.41, 5.74) is 1.03. The van der Waals surface area contributed by atoms with Gasteiger partial charge >= 0.3 is 0 Å². The number of carbonyl (C=O) groups excluding carboxylic acids is 2. The highest BCUT2D eigenvalue weighted by Crippen LogP contribution is 2.36. The van der Waals surface area contributed by atoms with Crippen molar-refractivity contribution in [3.8, 4) is 11.5 Å². The van der Waals surface area contributed by atoms with E-state index in [2.05, 4.69) is 21.2 Å². The van der Waals surface area contributed by atoms with Gasteiger partial charge in [-0.2, -0.15) is 0 Å². The maximum Gasteiger partial charge on any atom is 0.264 e. The van der Waals surface area contributed by atoms with E-state index in [9.17, 15) is 18.0 Å². The molecule has 4 rings (SSSR count). The van der Waals surface area contributed by atoms with Crippen LogP contribution in [0.25, 0.3) is 0 Å². The molecule has 0 unspecified atom stereocenters. The minimum absolute atomic E-state index is 0.0303. The molecule has 0 aliphatic carbocycles. The Bertz CT molecular complexity index is 1450. The minimum atomic E-state index is -4.17. The fourth-order valence-corrected chi connectivity index (χ4v) is 5.90. The Morgan fingerprint density at radius 3 is 2.23 bits per heavy atom. The quantitative estimate of drug-likeness (QED) is 0.357. The average molecular weight is 631 g/mol. The number of anilines is 1. The molecule has 2 amide bonds. The van der Waals surface area contributed by atoms with E-state index >= 15 is 0 Å². The number of sulfonamides is 1. The van der Waals surface area contributed by atoms with Crippen molar-refractivity contribution in [2.75, 3.05) is 24.1 Å². The van der Waals surface area contributed by atoms with Crippen LogP contribution in [0.15, 0.2) is 82.2 Å². The third kappa shape index (κ3) is 6.95. The standard InChI is InChI=1S/C29H32BrN3O6S/c1-20(2)31-29(35)21(3)32(18-22-9-11-23(30)12-10-22)28(34)19-33(40(36,37)25-7-5-4-6-8-25)24-13-14-26-27(17-24)39-16-15-38-26/h4-14,17,20-21H,15-16,18-19H2,1-3H3,(H,31,35)/t21-/m0/s1. The van der Waals surface area contributed by atoms with Crippen LogP contribution >= 0.6 is 15.9 Å². The normalized spacial score (nSPS) is 13.4. The summed E-state index contributed by atoms with van der Waals surface area (Å²) in [6.07, 6.45) is 0. The summed E-state index contributed by atoms with van der Waals surface area (Å²) in [7, 11) is -4.17. The molecular formula is C29H32BrN3O6S. The summed E-state index contributed by atoms with van der Waals surface area (Å²) in [5, 5.41) is 2.85. The van der Waals surface area contributed by atoms with Crippen LogP contribution in [0.3, 0.4) is 0 Å². The van der Waals surface area contributed by atoms with Gasteiger partial charge in [-0.15, -0.1) is 0 Å². The number of carbonyl (C=O) groups is 2. The van der Waals surface area contributed by atoms with Gasteiger partial charge in [-0.05, 0) is 62.7 Å². The number of halogens is 1. The van der Waals surface area contributed by atoms with Crippen LogP contribution in [-0.2, 0) is 26.2 Å². The topological polar surface area (TPSA) is 105 Å².